The van der Waals surface area contributed by atoms with Crippen LogP contribution in [0.4, 0.5) is 13.2 Å². The zero-order valence-electron chi connectivity index (χ0n) is 17.3. The highest BCUT2D eigenvalue weighted by Crippen LogP contribution is 2.33. The molecule has 33 heavy (non-hydrogen) atoms. The van der Waals surface area contributed by atoms with Crippen molar-refractivity contribution in [2.24, 2.45) is 0 Å². The molecular weight excluding hydrogens is 449 g/mol. The molecule has 0 aliphatic heterocycles. The summed E-state index contributed by atoms with van der Waals surface area (Å²) in [6, 6.07) is 22.0. The van der Waals surface area contributed by atoms with Crippen molar-refractivity contribution in [3.8, 4) is 16.3 Å². The van der Waals surface area contributed by atoms with Crippen molar-refractivity contribution in [3.05, 3.63) is 107 Å². The van der Waals surface area contributed by atoms with Crippen molar-refractivity contribution in [1.29, 1.82) is 0 Å². The average molecular weight is 469 g/mol. The summed E-state index contributed by atoms with van der Waals surface area (Å²) in [5.41, 5.74) is 1.59. The first-order valence-corrected chi connectivity index (χ1v) is 10.9. The second-order valence-electron chi connectivity index (χ2n) is 7.19. The van der Waals surface area contributed by atoms with Gasteiger partial charge in [-0.1, -0.05) is 54.6 Å². The molecule has 4 rings (SSSR count). The number of rotatable bonds is 7. The third-order valence-corrected chi connectivity index (χ3v) is 5.67. The van der Waals surface area contributed by atoms with Crippen LogP contribution in [0.2, 0.25) is 0 Å². The van der Waals surface area contributed by atoms with Gasteiger partial charge in [0, 0.05) is 11.9 Å². The number of nitrogens with zero attached hydrogens (tertiary/aromatic N) is 1. The zero-order valence-corrected chi connectivity index (χ0v) is 18.1. The van der Waals surface area contributed by atoms with Gasteiger partial charge in [0.2, 0.25) is 0 Å². The summed E-state index contributed by atoms with van der Waals surface area (Å²) < 4.78 is 44.6. The van der Waals surface area contributed by atoms with Crippen molar-refractivity contribution in [2.45, 2.75) is 19.3 Å². The molecule has 3 aromatic carbocycles. The van der Waals surface area contributed by atoms with Crippen LogP contribution in [0, 0.1) is 0 Å². The second kappa shape index (κ2) is 9.87. The number of halogens is 3. The molecule has 0 unspecified atom stereocenters. The Bertz CT molecular complexity index is 1240. The standard InChI is InChI=1S/C25H19F3N2O2S/c26-25(27,28)19-10-6-9-18(13-19)14-29-23(31)21-16-33-24(30-21)20-11-4-5-12-22(20)32-15-17-7-2-1-3-8-17/h1-13,16H,14-15H2,(H,29,31). The highest BCUT2D eigenvalue weighted by atomic mass is 32.1. The van der Waals surface area contributed by atoms with Crippen LogP contribution in [0.3, 0.4) is 0 Å². The Kier molecular flexibility index (Phi) is 6.74. The molecule has 0 spiro atoms. The number of alkyl halides is 3. The number of hydrogen-bond donors (Lipinski definition) is 1. The molecule has 0 aliphatic carbocycles. The van der Waals surface area contributed by atoms with Crippen LogP contribution in [0.15, 0.2) is 84.2 Å². The minimum atomic E-state index is -4.43. The number of hydrogen-bond acceptors (Lipinski definition) is 4. The number of aromatic nitrogens is 1. The Morgan fingerprint density at radius 1 is 0.939 bits per heavy atom. The van der Waals surface area contributed by atoms with Gasteiger partial charge in [0.25, 0.3) is 5.91 Å². The van der Waals surface area contributed by atoms with E-state index in [0.29, 0.717) is 22.9 Å². The number of carbonyl (C=O) groups excluding carboxylic acids is 1. The molecule has 1 amide bonds. The summed E-state index contributed by atoms with van der Waals surface area (Å²) in [7, 11) is 0. The third-order valence-electron chi connectivity index (χ3n) is 4.80. The van der Waals surface area contributed by atoms with E-state index in [9.17, 15) is 18.0 Å². The predicted molar refractivity (Wildman–Crippen MR) is 121 cm³/mol. The number of nitrogens with one attached hydrogen (secondary N) is 1. The molecule has 0 radical (unpaired) electrons. The first-order chi connectivity index (χ1) is 15.9. The Balaban J connectivity index is 1.43. The monoisotopic (exact) mass is 468 g/mol. The number of para-hydroxylation sites is 1. The lowest BCUT2D eigenvalue weighted by atomic mass is 10.1. The molecule has 0 atom stereocenters. The van der Waals surface area contributed by atoms with Crippen molar-refractivity contribution in [1.82, 2.24) is 10.3 Å². The molecule has 0 fully saturated rings. The fourth-order valence-corrected chi connectivity index (χ4v) is 3.97. The third kappa shape index (κ3) is 5.78. The smallest absolute Gasteiger partial charge is 0.416 e. The summed E-state index contributed by atoms with van der Waals surface area (Å²) in [5.74, 6) is 0.184. The van der Waals surface area contributed by atoms with Crippen molar-refractivity contribution >= 4 is 17.2 Å². The van der Waals surface area contributed by atoms with E-state index in [4.69, 9.17) is 4.74 Å². The van der Waals surface area contributed by atoms with Gasteiger partial charge in [-0.25, -0.2) is 4.98 Å². The summed E-state index contributed by atoms with van der Waals surface area (Å²) >= 11 is 1.29. The Hall–Kier alpha value is -3.65. The van der Waals surface area contributed by atoms with Crippen LogP contribution in [-0.2, 0) is 19.3 Å². The number of ether oxygens (including phenoxy) is 1. The maximum atomic E-state index is 12.9. The average Bonchev–Trinajstić information content (AvgIpc) is 3.32. The molecule has 1 N–H and O–H groups in total. The van der Waals surface area contributed by atoms with E-state index in [1.54, 1.807) is 5.38 Å². The molecule has 0 saturated carbocycles. The van der Waals surface area contributed by atoms with Gasteiger partial charge in [0.15, 0.2) is 0 Å². The van der Waals surface area contributed by atoms with Gasteiger partial charge in [0.1, 0.15) is 23.1 Å². The molecule has 168 valence electrons. The van der Waals surface area contributed by atoms with Crippen LogP contribution < -0.4 is 10.1 Å². The van der Waals surface area contributed by atoms with Crippen LogP contribution in [0.1, 0.15) is 27.2 Å². The quantitative estimate of drug-likeness (QED) is 0.344. The lowest BCUT2D eigenvalue weighted by molar-refractivity contribution is -0.137. The molecular formula is C25H19F3N2O2S. The van der Waals surface area contributed by atoms with Gasteiger partial charge in [-0.2, -0.15) is 13.2 Å². The number of amides is 1. The molecule has 0 aliphatic rings. The zero-order chi connectivity index (χ0) is 23.3. The molecule has 4 nitrogen and oxygen atoms in total. The largest absolute Gasteiger partial charge is 0.488 e. The predicted octanol–water partition coefficient (Wildman–Crippen LogP) is 6.34. The van der Waals surface area contributed by atoms with Gasteiger partial charge in [-0.15, -0.1) is 11.3 Å². The summed E-state index contributed by atoms with van der Waals surface area (Å²) in [4.78, 5) is 16.9. The first-order valence-electron chi connectivity index (χ1n) is 10.1. The number of benzene rings is 3. The summed E-state index contributed by atoms with van der Waals surface area (Å²) in [6.45, 7) is 0.361. The van der Waals surface area contributed by atoms with Gasteiger partial charge in [-0.3, -0.25) is 4.79 Å². The van der Waals surface area contributed by atoms with E-state index in [2.05, 4.69) is 10.3 Å². The lowest BCUT2D eigenvalue weighted by Gasteiger charge is -2.10. The minimum absolute atomic E-state index is 0.0353. The molecule has 1 heterocycles. The number of carbonyl (C=O) groups is 1. The minimum Gasteiger partial charge on any atom is -0.488 e. The highest BCUT2D eigenvalue weighted by Gasteiger charge is 2.30. The van der Waals surface area contributed by atoms with E-state index in [1.165, 1.54) is 23.5 Å². The Labute approximate surface area is 192 Å². The maximum Gasteiger partial charge on any atom is 0.416 e. The Morgan fingerprint density at radius 3 is 2.45 bits per heavy atom. The topological polar surface area (TPSA) is 51.2 Å². The molecule has 0 saturated heterocycles. The number of thiazole rings is 1. The molecule has 0 bridgehead atoms. The first kappa shape index (κ1) is 22.5. The molecule has 8 heteroatoms. The van der Waals surface area contributed by atoms with E-state index in [-0.39, 0.29) is 12.2 Å². The lowest BCUT2D eigenvalue weighted by Crippen LogP contribution is -2.23. The van der Waals surface area contributed by atoms with E-state index in [0.717, 1.165) is 23.3 Å². The second-order valence-corrected chi connectivity index (χ2v) is 8.05. The van der Waals surface area contributed by atoms with Crippen molar-refractivity contribution < 1.29 is 22.7 Å². The van der Waals surface area contributed by atoms with Gasteiger partial charge < -0.3 is 10.1 Å². The van der Waals surface area contributed by atoms with Crippen LogP contribution in [-0.4, -0.2) is 10.9 Å². The maximum absolute atomic E-state index is 12.9. The van der Waals surface area contributed by atoms with Gasteiger partial charge in [-0.05, 0) is 35.4 Å². The van der Waals surface area contributed by atoms with E-state index >= 15 is 0 Å². The highest BCUT2D eigenvalue weighted by molar-refractivity contribution is 7.13. The van der Waals surface area contributed by atoms with Gasteiger partial charge >= 0.3 is 6.18 Å². The van der Waals surface area contributed by atoms with E-state index < -0.39 is 17.6 Å². The van der Waals surface area contributed by atoms with E-state index in [1.807, 2.05) is 54.6 Å². The van der Waals surface area contributed by atoms with Crippen LogP contribution in [0.25, 0.3) is 10.6 Å². The van der Waals surface area contributed by atoms with Crippen molar-refractivity contribution in [2.75, 3.05) is 0 Å². The fraction of sp³-hybridized carbons (Fsp3) is 0.120. The van der Waals surface area contributed by atoms with Gasteiger partial charge in [0.05, 0.1) is 11.1 Å². The summed E-state index contributed by atoms with van der Waals surface area (Å²) in [6.07, 6.45) is -4.43. The van der Waals surface area contributed by atoms with Crippen LogP contribution in [0.5, 0.6) is 5.75 Å². The van der Waals surface area contributed by atoms with Crippen LogP contribution >= 0.6 is 11.3 Å². The molecule has 1 aromatic heterocycles. The SMILES string of the molecule is O=C(NCc1cccc(C(F)(F)F)c1)c1csc(-c2ccccc2OCc2ccccc2)n1. The molecule has 4 aromatic rings. The Morgan fingerprint density at radius 2 is 1.67 bits per heavy atom. The van der Waals surface area contributed by atoms with Crippen molar-refractivity contribution in [3.63, 3.8) is 0 Å². The summed E-state index contributed by atoms with van der Waals surface area (Å²) in [5, 5.41) is 4.86. The fourth-order valence-electron chi connectivity index (χ4n) is 3.14. The normalized spacial score (nSPS) is 11.2.